The predicted molar refractivity (Wildman–Crippen MR) is 119 cm³/mol. The first-order valence-electron chi connectivity index (χ1n) is 10.2. The topological polar surface area (TPSA) is 78.9 Å². The Morgan fingerprint density at radius 1 is 0.875 bits per heavy atom. The number of hydrogen-bond acceptors (Lipinski definition) is 6. The van der Waals surface area contributed by atoms with Crippen molar-refractivity contribution in [2.75, 3.05) is 14.2 Å². The number of benzene rings is 1. The smallest absolute Gasteiger partial charge is 0.339 e. The Morgan fingerprint density at radius 3 is 2.16 bits per heavy atom. The molecule has 0 bridgehead atoms. The molecular weight excluding hydrogens is 408 g/mol. The third-order valence-electron chi connectivity index (χ3n) is 5.52. The highest BCUT2D eigenvalue weighted by atomic mass is 16.5. The summed E-state index contributed by atoms with van der Waals surface area (Å²) in [6, 6.07) is 9.58. The van der Waals surface area contributed by atoms with Gasteiger partial charge < -0.3 is 14.2 Å². The molecule has 32 heavy (non-hydrogen) atoms. The quantitative estimate of drug-likeness (QED) is 0.653. The van der Waals surface area contributed by atoms with Gasteiger partial charge in [0.1, 0.15) is 6.10 Å². The van der Waals surface area contributed by atoms with Crippen molar-refractivity contribution in [1.29, 1.82) is 0 Å². The van der Waals surface area contributed by atoms with Crippen LogP contribution in [0, 0.1) is 0 Å². The fraction of sp³-hybridized carbons (Fsp3) is 0.269. The van der Waals surface area contributed by atoms with Crippen molar-refractivity contribution < 1.29 is 28.6 Å². The van der Waals surface area contributed by atoms with Gasteiger partial charge in [-0.3, -0.25) is 4.79 Å². The molecule has 2 aliphatic rings. The summed E-state index contributed by atoms with van der Waals surface area (Å²) in [7, 11) is 2.50. The van der Waals surface area contributed by atoms with Crippen LogP contribution in [0.15, 0.2) is 87.6 Å². The molecule has 1 unspecified atom stereocenters. The van der Waals surface area contributed by atoms with E-state index in [9.17, 15) is 14.4 Å². The van der Waals surface area contributed by atoms with Crippen molar-refractivity contribution in [1.82, 2.24) is 0 Å². The Balaban J connectivity index is 2.22. The summed E-state index contributed by atoms with van der Waals surface area (Å²) in [5, 5.41) is 0. The minimum absolute atomic E-state index is 0.0621. The summed E-state index contributed by atoms with van der Waals surface area (Å²) in [5.74, 6) is -1.58. The molecule has 6 heteroatoms. The summed E-state index contributed by atoms with van der Waals surface area (Å²) in [4.78, 5) is 38.4. The number of ketones is 1. The molecule has 0 N–H and O–H groups in total. The van der Waals surface area contributed by atoms with Gasteiger partial charge in [0, 0.05) is 5.57 Å². The third-order valence-corrected chi connectivity index (χ3v) is 5.52. The number of hydrogen-bond donors (Lipinski definition) is 0. The second-order valence-electron chi connectivity index (χ2n) is 7.63. The number of fused-ring (bicyclic) bond motifs is 1. The molecule has 3 rings (SSSR count). The molecule has 1 aromatic rings. The zero-order valence-corrected chi connectivity index (χ0v) is 18.9. The van der Waals surface area contributed by atoms with Crippen LogP contribution in [0.1, 0.15) is 26.3 Å². The number of methoxy groups -OCH3 is 2. The Morgan fingerprint density at radius 2 is 1.53 bits per heavy atom. The third kappa shape index (κ3) is 4.41. The summed E-state index contributed by atoms with van der Waals surface area (Å²) >= 11 is 0. The van der Waals surface area contributed by atoms with E-state index in [1.165, 1.54) is 20.3 Å². The Hall–Kier alpha value is -3.51. The van der Waals surface area contributed by atoms with Crippen molar-refractivity contribution in [3.8, 4) is 0 Å². The SMILES string of the molecule is COC(=O)C1=CC=C(C)C2=C(C)C(OCc3ccccc3)C(=O)C=C(C)C2=C1C(=O)OC. The Bertz CT molecular complexity index is 1110. The van der Waals surface area contributed by atoms with Crippen LogP contribution < -0.4 is 0 Å². The number of allylic oxidation sites excluding steroid dienone is 6. The van der Waals surface area contributed by atoms with Crippen molar-refractivity contribution in [2.24, 2.45) is 0 Å². The second-order valence-corrected chi connectivity index (χ2v) is 7.63. The van der Waals surface area contributed by atoms with E-state index in [1.807, 2.05) is 44.2 Å². The maximum atomic E-state index is 13.1. The van der Waals surface area contributed by atoms with E-state index in [2.05, 4.69) is 0 Å². The van der Waals surface area contributed by atoms with Crippen molar-refractivity contribution >= 4 is 17.7 Å². The highest BCUT2D eigenvalue weighted by Gasteiger charge is 2.35. The molecule has 166 valence electrons. The molecule has 0 fully saturated rings. The molecule has 6 nitrogen and oxygen atoms in total. The molecule has 0 aromatic heterocycles. The normalized spacial score (nSPS) is 18.7. The summed E-state index contributed by atoms with van der Waals surface area (Å²) < 4.78 is 16.0. The van der Waals surface area contributed by atoms with Gasteiger partial charge in [-0.25, -0.2) is 9.59 Å². The molecule has 2 aliphatic carbocycles. The standard InChI is InChI=1S/C26H26O6/c1-15-11-12-19(25(28)30-4)23(26(29)31-5)22-16(2)13-20(27)24(17(3)21(15)22)32-14-18-9-7-6-8-10-18/h6-13,24H,14H2,1-5H3. The minimum atomic E-state index is -0.834. The largest absolute Gasteiger partial charge is 0.465 e. The first-order chi connectivity index (χ1) is 15.3. The first-order valence-corrected chi connectivity index (χ1v) is 10.2. The Kier molecular flexibility index (Phi) is 7.05. The summed E-state index contributed by atoms with van der Waals surface area (Å²) in [5.41, 5.74) is 4.20. The van der Waals surface area contributed by atoms with E-state index in [0.717, 1.165) is 11.1 Å². The van der Waals surface area contributed by atoms with Gasteiger partial charge in [-0.15, -0.1) is 0 Å². The van der Waals surface area contributed by atoms with Crippen LogP contribution >= 0.6 is 0 Å². The number of carbonyl (C=O) groups is 3. The van der Waals surface area contributed by atoms with Crippen molar-refractivity contribution in [3.63, 3.8) is 0 Å². The molecule has 1 aromatic carbocycles. The molecule has 0 radical (unpaired) electrons. The van der Waals surface area contributed by atoms with Gasteiger partial charge in [-0.1, -0.05) is 36.4 Å². The number of esters is 2. The van der Waals surface area contributed by atoms with E-state index in [-0.39, 0.29) is 23.5 Å². The maximum absolute atomic E-state index is 13.1. The van der Waals surface area contributed by atoms with Crippen molar-refractivity contribution in [3.05, 3.63) is 93.1 Å². The van der Waals surface area contributed by atoms with Gasteiger partial charge >= 0.3 is 11.9 Å². The Labute approximate surface area is 187 Å². The van der Waals surface area contributed by atoms with E-state index >= 15 is 0 Å². The second kappa shape index (κ2) is 9.75. The van der Waals surface area contributed by atoms with Gasteiger partial charge in [0.15, 0.2) is 5.78 Å². The zero-order chi connectivity index (χ0) is 23.4. The van der Waals surface area contributed by atoms with Gasteiger partial charge in [0.05, 0.1) is 32.0 Å². The molecule has 0 aliphatic heterocycles. The fourth-order valence-corrected chi connectivity index (χ4v) is 4.00. The molecule has 0 amide bonds. The van der Waals surface area contributed by atoms with Crippen LogP contribution in [0.2, 0.25) is 0 Å². The summed E-state index contributed by atoms with van der Waals surface area (Å²) in [6.07, 6.45) is 3.90. The molecule has 0 saturated heterocycles. The molecule has 0 spiro atoms. The lowest BCUT2D eigenvalue weighted by molar-refractivity contribution is -0.139. The zero-order valence-electron chi connectivity index (χ0n) is 18.9. The van der Waals surface area contributed by atoms with Crippen LogP contribution in [-0.2, 0) is 35.2 Å². The summed E-state index contributed by atoms with van der Waals surface area (Å²) in [6.45, 7) is 5.66. The average molecular weight is 434 g/mol. The lowest BCUT2D eigenvalue weighted by Gasteiger charge is -2.21. The van der Waals surface area contributed by atoms with E-state index in [4.69, 9.17) is 14.2 Å². The predicted octanol–water partition coefficient (Wildman–Crippen LogP) is 3.95. The van der Waals surface area contributed by atoms with Crippen LogP contribution in [0.5, 0.6) is 0 Å². The number of carbonyl (C=O) groups excluding carboxylic acids is 3. The molecular formula is C26H26O6. The van der Waals surface area contributed by atoms with Crippen LogP contribution in [-0.4, -0.2) is 38.0 Å². The monoisotopic (exact) mass is 434 g/mol. The van der Waals surface area contributed by atoms with Gasteiger partial charge in [-0.2, -0.15) is 0 Å². The number of ether oxygens (including phenoxy) is 3. The van der Waals surface area contributed by atoms with Crippen LogP contribution in [0.25, 0.3) is 0 Å². The first kappa shape index (κ1) is 23.2. The molecule has 0 heterocycles. The highest BCUT2D eigenvalue weighted by Crippen LogP contribution is 2.40. The van der Waals surface area contributed by atoms with Crippen molar-refractivity contribution in [2.45, 2.75) is 33.5 Å². The van der Waals surface area contributed by atoms with Gasteiger partial charge in [-0.05, 0) is 60.8 Å². The average Bonchev–Trinajstić information content (AvgIpc) is 3.00. The lowest BCUT2D eigenvalue weighted by atomic mass is 9.86. The molecule has 1 atom stereocenters. The maximum Gasteiger partial charge on any atom is 0.339 e. The highest BCUT2D eigenvalue weighted by molar-refractivity contribution is 6.10. The molecule has 0 saturated carbocycles. The van der Waals surface area contributed by atoms with Gasteiger partial charge in [0.2, 0.25) is 0 Å². The van der Waals surface area contributed by atoms with Crippen LogP contribution in [0.3, 0.4) is 0 Å². The van der Waals surface area contributed by atoms with E-state index in [1.54, 1.807) is 19.1 Å². The lowest BCUT2D eigenvalue weighted by Crippen LogP contribution is -2.24. The van der Waals surface area contributed by atoms with Gasteiger partial charge in [0.25, 0.3) is 0 Å². The number of rotatable bonds is 5. The van der Waals surface area contributed by atoms with Crippen LogP contribution in [0.4, 0.5) is 0 Å². The van der Waals surface area contributed by atoms with E-state index in [0.29, 0.717) is 22.3 Å². The fourth-order valence-electron chi connectivity index (χ4n) is 4.00. The van der Waals surface area contributed by atoms with E-state index < -0.39 is 18.0 Å². The minimum Gasteiger partial charge on any atom is -0.465 e.